The van der Waals surface area contributed by atoms with E-state index in [4.69, 9.17) is 4.74 Å². The summed E-state index contributed by atoms with van der Waals surface area (Å²) in [7, 11) is 0. The van der Waals surface area contributed by atoms with Crippen LogP contribution in [-0.4, -0.2) is 37.7 Å². The Bertz CT molecular complexity index is 394. The Kier molecular flexibility index (Phi) is 1.94. The fourth-order valence-electron chi connectivity index (χ4n) is 4.91. The van der Waals surface area contributed by atoms with Crippen LogP contribution < -0.4 is 0 Å². The molecule has 0 heterocycles. The summed E-state index contributed by atoms with van der Waals surface area (Å²) in [6.07, 6.45) is 6.89. The first kappa shape index (κ1) is 12.2. The van der Waals surface area contributed by atoms with Crippen LogP contribution in [-0.2, 0) is 4.74 Å². The van der Waals surface area contributed by atoms with E-state index in [2.05, 4.69) is 6.58 Å². The third kappa shape index (κ3) is 1.17. The monoisotopic (exact) mass is 266 g/mol. The van der Waals surface area contributed by atoms with Gasteiger partial charge in [-0.3, -0.25) is 0 Å². The molecule has 4 aliphatic rings. The lowest BCUT2D eigenvalue weighted by Crippen LogP contribution is -2.66. The zero-order chi connectivity index (χ0) is 13.6. The zero-order valence-electron chi connectivity index (χ0n) is 11.2. The molecule has 0 aromatic carbocycles. The van der Waals surface area contributed by atoms with E-state index in [9.17, 15) is 15.3 Å². The SMILES string of the molecule is C=COC1(C(C2(O)CC2)(C2(O)CC2)C2(O)CC2)CC1. The highest BCUT2D eigenvalue weighted by molar-refractivity contribution is 5.39. The molecule has 0 aromatic heterocycles. The highest BCUT2D eigenvalue weighted by atomic mass is 16.5. The fourth-order valence-corrected chi connectivity index (χ4v) is 4.91. The molecule has 3 N–H and O–H groups in total. The summed E-state index contributed by atoms with van der Waals surface area (Å²) in [5, 5.41) is 32.9. The number of ether oxygens (including phenoxy) is 1. The van der Waals surface area contributed by atoms with Crippen molar-refractivity contribution in [2.75, 3.05) is 0 Å². The van der Waals surface area contributed by atoms with Crippen LogP contribution in [0.2, 0.25) is 0 Å². The molecule has 4 saturated carbocycles. The van der Waals surface area contributed by atoms with E-state index in [1.807, 2.05) is 0 Å². The van der Waals surface area contributed by atoms with Gasteiger partial charge in [0.25, 0.3) is 0 Å². The number of hydrogen-bond acceptors (Lipinski definition) is 4. The van der Waals surface area contributed by atoms with Crippen molar-refractivity contribution in [3.05, 3.63) is 12.8 Å². The van der Waals surface area contributed by atoms with E-state index >= 15 is 0 Å². The highest BCUT2D eigenvalue weighted by Crippen LogP contribution is 2.80. The van der Waals surface area contributed by atoms with Gasteiger partial charge in [0, 0.05) is 0 Å². The molecule has 19 heavy (non-hydrogen) atoms. The number of rotatable bonds is 6. The Morgan fingerprint density at radius 2 is 1.16 bits per heavy atom. The minimum absolute atomic E-state index is 0.615. The molecule has 0 bridgehead atoms. The first-order chi connectivity index (χ1) is 8.89. The molecule has 4 heteroatoms. The second-order valence-electron chi connectivity index (χ2n) is 7.12. The van der Waals surface area contributed by atoms with Crippen LogP contribution in [0.5, 0.6) is 0 Å². The van der Waals surface area contributed by atoms with Crippen LogP contribution in [0.4, 0.5) is 0 Å². The molecule has 0 unspecified atom stereocenters. The lowest BCUT2D eigenvalue weighted by Gasteiger charge is -2.52. The molecular formula is C15H22O4. The van der Waals surface area contributed by atoms with Gasteiger partial charge < -0.3 is 20.1 Å². The van der Waals surface area contributed by atoms with Crippen LogP contribution in [0.1, 0.15) is 51.4 Å². The van der Waals surface area contributed by atoms with Crippen molar-refractivity contribution >= 4 is 0 Å². The Labute approximate surface area is 113 Å². The van der Waals surface area contributed by atoms with Gasteiger partial charge in [-0.15, -0.1) is 0 Å². The van der Waals surface area contributed by atoms with Crippen LogP contribution in [0, 0.1) is 5.41 Å². The van der Waals surface area contributed by atoms with Gasteiger partial charge in [-0.1, -0.05) is 6.58 Å². The third-order valence-corrected chi connectivity index (χ3v) is 5.96. The standard InChI is InChI=1S/C15H22O4/c1-2-19-14(9-10-14)15(11(16)3-4-11,12(17)5-6-12)13(18)7-8-13/h2,16-18H,1,3-10H2. The van der Waals surface area contributed by atoms with Gasteiger partial charge in [0.15, 0.2) is 0 Å². The second-order valence-corrected chi connectivity index (χ2v) is 7.12. The molecular weight excluding hydrogens is 244 g/mol. The predicted molar refractivity (Wildman–Crippen MR) is 68.2 cm³/mol. The molecule has 0 amide bonds. The van der Waals surface area contributed by atoms with E-state index in [1.165, 1.54) is 6.26 Å². The van der Waals surface area contributed by atoms with Gasteiger partial charge in [-0.25, -0.2) is 0 Å². The van der Waals surface area contributed by atoms with Gasteiger partial charge in [-0.2, -0.15) is 0 Å². The smallest absolute Gasteiger partial charge is 0.122 e. The molecule has 0 aliphatic heterocycles. The Morgan fingerprint density at radius 3 is 1.37 bits per heavy atom. The van der Waals surface area contributed by atoms with E-state index in [-0.39, 0.29) is 0 Å². The van der Waals surface area contributed by atoms with Crippen molar-refractivity contribution in [3.8, 4) is 0 Å². The lowest BCUT2D eigenvalue weighted by molar-refractivity contribution is -0.239. The first-order valence-electron chi connectivity index (χ1n) is 7.35. The maximum atomic E-state index is 11.0. The minimum Gasteiger partial charge on any atom is -0.495 e. The van der Waals surface area contributed by atoms with Gasteiger partial charge in [0.1, 0.15) is 5.60 Å². The largest absolute Gasteiger partial charge is 0.495 e. The molecule has 0 atom stereocenters. The van der Waals surface area contributed by atoms with Gasteiger partial charge in [0.2, 0.25) is 0 Å². The topological polar surface area (TPSA) is 69.9 Å². The summed E-state index contributed by atoms with van der Waals surface area (Å²) in [4.78, 5) is 0. The van der Waals surface area contributed by atoms with Gasteiger partial charge in [0.05, 0.1) is 28.5 Å². The number of hydrogen-bond donors (Lipinski definition) is 3. The molecule has 4 nitrogen and oxygen atoms in total. The van der Waals surface area contributed by atoms with E-state index in [1.54, 1.807) is 0 Å². The maximum absolute atomic E-state index is 11.0. The molecule has 0 saturated heterocycles. The van der Waals surface area contributed by atoms with E-state index < -0.39 is 27.8 Å². The zero-order valence-corrected chi connectivity index (χ0v) is 11.2. The van der Waals surface area contributed by atoms with E-state index in [0.717, 1.165) is 12.8 Å². The lowest BCUT2D eigenvalue weighted by atomic mass is 9.60. The quantitative estimate of drug-likeness (QED) is 0.633. The summed E-state index contributed by atoms with van der Waals surface area (Å²) >= 11 is 0. The molecule has 4 rings (SSSR count). The Morgan fingerprint density at radius 1 is 0.789 bits per heavy atom. The molecule has 4 fully saturated rings. The summed E-state index contributed by atoms with van der Waals surface area (Å²) in [5.74, 6) is 0. The summed E-state index contributed by atoms with van der Waals surface area (Å²) in [6, 6.07) is 0. The average Bonchev–Trinajstić information content (AvgIpc) is 3.07. The number of aliphatic hydroxyl groups is 3. The van der Waals surface area contributed by atoms with Crippen molar-refractivity contribution in [2.45, 2.75) is 73.8 Å². The van der Waals surface area contributed by atoms with Crippen LogP contribution >= 0.6 is 0 Å². The second kappa shape index (κ2) is 3.02. The van der Waals surface area contributed by atoms with Crippen molar-refractivity contribution in [1.29, 1.82) is 0 Å². The van der Waals surface area contributed by atoms with Crippen LogP contribution in [0.15, 0.2) is 12.8 Å². The predicted octanol–water partition coefficient (Wildman–Crippen LogP) is 1.24. The summed E-state index contributed by atoms with van der Waals surface area (Å²) in [5.41, 5.74) is -4.44. The van der Waals surface area contributed by atoms with Gasteiger partial charge in [-0.05, 0) is 51.4 Å². The van der Waals surface area contributed by atoms with Crippen molar-refractivity contribution in [3.63, 3.8) is 0 Å². The molecule has 0 aromatic rings. The molecule has 4 aliphatic carbocycles. The van der Waals surface area contributed by atoms with Gasteiger partial charge >= 0.3 is 0 Å². The van der Waals surface area contributed by atoms with Crippen molar-refractivity contribution in [1.82, 2.24) is 0 Å². The summed E-state index contributed by atoms with van der Waals surface area (Å²) in [6.45, 7) is 3.64. The maximum Gasteiger partial charge on any atom is 0.122 e. The van der Waals surface area contributed by atoms with Crippen LogP contribution in [0.3, 0.4) is 0 Å². The van der Waals surface area contributed by atoms with Crippen molar-refractivity contribution in [2.24, 2.45) is 5.41 Å². The molecule has 0 spiro atoms. The molecule has 0 radical (unpaired) electrons. The van der Waals surface area contributed by atoms with E-state index in [0.29, 0.717) is 38.5 Å². The Hall–Kier alpha value is -0.580. The highest BCUT2D eigenvalue weighted by Gasteiger charge is 2.90. The molecule has 106 valence electrons. The van der Waals surface area contributed by atoms with Crippen molar-refractivity contribution < 1.29 is 20.1 Å². The normalized spacial score (nSPS) is 34.3. The first-order valence-corrected chi connectivity index (χ1v) is 7.35. The minimum atomic E-state index is -0.969. The van der Waals surface area contributed by atoms with Crippen LogP contribution in [0.25, 0.3) is 0 Å². The summed E-state index contributed by atoms with van der Waals surface area (Å²) < 4.78 is 5.79. The average molecular weight is 266 g/mol. The third-order valence-electron chi connectivity index (χ3n) is 5.96. The Balaban J connectivity index is 1.89. The fraction of sp³-hybridized carbons (Fsp3) is 0.867.